The fourth-order valence-electron chi connectivity index (χ4n) is 5.23. The molecular formula is C27H31NO5. The SMILES string of the molecule is C=C(C)[C@H]1CCC(C)=C[C@H]1c1ccc2c(c1O)[C@@](O)(c1ccc(OC)cc1)[C@H](OC)C(=O)N2. The maximum absolute atomic E-state index is 12.9. The number of nitrogens with one attached hydrogen (secondary N) is 1. The first-order chi connectivity index (χ1) is 15.7. The molecule has 0 radical (unpaired) electrons. The molecule has 1 heterocycles. The molecule has 4 rings (SSSR count). The summed E-state index contributed by atoms with van der Waals surface area (Å²) in [7, 11) is 2.93. The highest BCUT2D eigenvalue weighted by Crippen LogP contribution is 2.51. The van der Waals surface area contributed by atoms with Crippen molar-refractivity contribution in [2.75, 3.05) is 19.5 Å². The van der Waals surface area contributed by atoms with Crippen LogP contribution in [-0.4, -0.2) is 36.4 Å². The molecule has 174 valence electrons. The Kier molecular flexibility index (Phi) is 6.08. The summed E-state index contributed by atoms with van der Waals surface area (Å²) in [6, 6.07) is 10.3. The van der Waals surface area contributed by atoms with E-state index in [9.17, 15) is 15.0 Å². The van der Waals surface area contributed by atoms with Gasteiger partial charge >= 0.3 is 0 Å². The van der Waals surface area contributed by atoms with Crippen molar-refractivity contribution in [3.63, 3.8) is 0 Å². The number of carbonyl (C=O) groups excluding carboxylic acids is 1. The van der Waals surface area contributed by atoms with E-state index >= 15 is 0 Å². The molecule has 0 saturated heterocycles. The van der Waals surface area contributed by atoms with Crippen LogP contribution in [0.25, 0.3) is 0 Å². The summed E-state index contributed by atoms with van der Waals surface area (Å²) in [6.45, 7) is 8.28. The Labute approximate surface area is 194 Å². The molecule has 1 aliphatic heterocycles. The number of carbonyl (C=O) groups is 1. The van der Waals surface area contributed by atoms with Crippen LogP contribution in [0.5, 0.6) is 11.5 Å². The minimum absolute atomic E-state index is 0.0462. The number of hydrogen-bond acceptors (Lipinski definition) is 5. The first-order valence-corrected chi connectivity index (χ1v) is 11.1. The molecule has 0 bridgehead atoms. The lowest BCUT2D eigenvalue weighted by Gasteiger charge is -2.41. The van der Waals surface area contributed by atoms with Crippen LogP contribution in [0.2, 0.25) is 0 Å². The highest BCUT2D eigenvalue weighted by atomic mass is 16.5. The zero-order valence-electron chi connectivity index (χ0n) is 19.5. The first kappa shape index (κ1) is 23.1. The first-order valence-electron chi connectivity index (χ1n) is 11.1. The van der Waals surface area contributed by atoms with E-state index in [4.69, 9.17) is 9.47 Å². The number of rotatable bonds is 5. The summed E-state index contributed by atoms with van der Waals surface area (Å²) in [5, 5.41) is 26.5. The quantitative estimate of drug-likeness (QED) is 0.580. The van der Waals surface area contributed by atoms with Crippen molar-refractivity contribution in [1.82, 2.24) is 0 Å². The lowest BCUT2D eigenvalue weighted by Crippen LogP contribution is -2.52. The number of ether oxygens (including phenoxy) is 2. The fourth-order valence-corrected chi connectivity index (χ4v) is 5.23. The Hall–Kier alpha value is -3.09. The Balaban J connectivity index is 1.95. The molecule has 2 aliphatic rings. The van der Waals surface area contributed by atoms with Crippen LogP contribution in [0, 0.1) is 5.92 Å². The van der Waals surface area contributed by atoms with Gasteiger partial charge in [0, 0.05) is 18.6 Å². The van der Waals surface area contributed by atoms with Crippen LogP contribution in [0.3, 0.4) is 0 Å². The van der Waals surface area contributed by atoms with Gasteiger partial charge in [-0.3, -0.25) is 4.79 Å². The van der Waals surface area contributed by atoms with Crippen molar-refractivity contribution < 1.29 is 24.5 Å². The van der Waals surface area contributed by atoms with Crippen molar-refractivity contribution in [3.8, 4) is 11.5 Å². The predicted molar refractivity (Wildman–Crippen MR) is 128 cm³/mol. The van der Waals surface area contributed by atoms with Gasteiger partial charge in [-0.25, -0.2) is 0 Å². The van der Waals surface area contributed by atoms with Gasteiger partial charge in [-0.15, -0.1) is 0 Å². The van der Waals surface area contributed by atoms with Crippen LogP contribution >= 0.6 is 0 Å². The molecule has 1 amide bonds. The molecule has 0 aromatic heterocycles. The molecule has 2 aromatic carbocycles. The van der Waals surface area contributed by atoms with Crippen molar-refractivity contribution >= 4 is 11.6 Å². The zero-order valence-corrected chi connectivity index (χ0v) is 19.5. The van der Waals surface area contributed by atoms with E-state index in [2.05, 4.69) is 24.9 Å². The summed E-state index contributed by atoms with van der Waals surface area (Å²) in [6.07, 6.45) is 2.85. The summed E-state index contributed by atoms with van der Waals surface area (Å²) < 4.78 is 10.7. The number of methoxy groups -OCH3 is 2. The van der Waals surface area contributed by atoms with E-state index in [1.165, 1.54) is 12.7 Å². The van der Waals surface area contributed by atoms with E-state index in [1.807, 2.05) is 13.0 Å². The molecule has 6 nitrogen and oxygen atoms in total. The summed E-state index contributed by atoms with van der Waals surface area (Å²) in [4.78, 5) is 12.9. The number of benzene rings is 2. The number of phenolic OH excluding ortho intramolecular Hbond substituents is 1. The molecule has 0 saturated carbocycles. The summed E-state index contributed by atoms with van der Waals surface area (Å²) >= 11 is 0. The Morgan fingerprint density at radius 2 is 1.88 bits per heavy atom. The van der Waals surface area contributed by atoms with Crippen LogP contribution in [-0.2, 0) is 15.1 Å². The van der Waals surface area contributed by atoms with Gasteiger partial charge in [0.2, 0.25) is 0 Å². The number of hydrogen-bond donors (Lipinski definition) is 3. The number of fused-ring (bicyclic) bond motifs is 1. The third kappa shape index (κ3) is 3.73. The van der Waals surface area contributed by atoms with Crippen molar-refractivity contribution in [1.29, 1.82) is 0 Å². The number of allylic oxidation sites excluding steroid dienone is 3. The van der Waals surface area contributed by atoms with Gasteiger partial charge < -0.3 is 25.0 Å². The van der Waals surface area contributed by atoms with Crippen molar-refractivity contribution in [2.24, 2.45) is 5.92 Å². The van der Waals surface area contributed by atoms with Gasteiger partial charge in [-0.1, -0.05) is 42.0 Å². The minimum atomic E-state index is -1.90. The number of phenols is 1. The van der Waals surface area contributed by atoms with E-state index < -0.39 is 17.6 Å². The number of anilines is 1. The number of aromatic hydroxyl groups is 1. The maximum atomic E-state index is 12.9. The van der Waals surface area contributed by atoms with Crippen molar-refractivity contribution in [2.45, 2.75) is 44.3 Å². The topological polar surface area (TPSA) is 88.0 Å². The van der Waals surface area contributed by atoms with Gasteiger partial charge in [0.05, 0.1) is 18.4 Å². The largest absolute Gasteiger partial charge is 0.507 e. The molecule has 2 aromatic rings. The third-order valence-corrected chi connectivity index (χ3v) is 6.97. The molecule has 6 heteroatoms. The second kappa shape index (κ2) is 8.69. The standard InChI is InChI=1S/C27H31NO5/c1-15(2)19-11-6-16(3)14-21(19)20-12-13-22-23(24(20)29)27(31,25(33-5)26(30)28-22)17-7-9-18(32-4)10-8-17/h7-10,12-14,19,21,25,29,31H,1,6,11H2,2-5H3,(H,28,30)/t19-,21-,25-,27+/m1/s1. The number of amides is 1. The monoisotopic (exact) mass is 449 g/mol. The van der Waals surface area contributed by atoms with Gasteiger partial charge in [0.25, 0.3) is 5.91 Å². The third-order valence-electron chi connectivity index (χ3n) is 6.97. The Bertz CT molecular complexity index is 1120. The maximum Gasteiger partial charge on any atom is 0.257 e. The highest BCUT2D eigenvalue weighted by Gasteiger charge is 2.52. The second-order valence-corrected chi connectivity index (χ2v) is 9.06. The fraction of sp³-hybridized carbons (Fsp3) is 0.370. The molecule has 0 spiro atoms. The van der Waals surface area contributed by atoms with Crippen LogP contribution < -0.4 is 10.1 Å². The molecule has 0 fully saturated rings. The van der Waals surface area contributed by atoms with E-state index in [0.29, 0.717) is 22.6 Å². The van der Waals surface area contributed by atoms with Gasteiger partial charge in [0.1, 0.15) is 11.5 Å². The van der Waals surface area contributed by atoms with Crippen LogP contribution in [0.4, 0.5) is 5.69 Å². The average Bonchev–Trinajstić information content (AvgIpc) is 2.79. The lowest BCUT2D eigenvalue weighted by atomic mass is 9.71. The van der Waals surface area contributed by atoms with Crippen LogP contribution in [0.1, 0.15) is 49.3 Å². The van der Waals surface area contributed by atoms with Gasteiger partial charge in [0.15, 0.2) is 11.7 Å². The Morgan fingerprint density at radius 3 is 2.48 bits per heavy atom. The zero-order chi connectivity index (χ0) is 23.9. The molecule has 1 aliphatic carbocycles. The van der Waals surface area contributed by atoms with Gasteiger partial charge in [-0.2, -0.15) is 0 Å². The van der Waals surface area contributed by atoms with E-state index in [0.717, 1.165) is 18.4 Å². The summed E-state index contributed by atoms with van der Waals surface area (Å²) in [5.74, 6) is 0.170. The molecule has 3 N–H and O–H groups in total. The predicted octanol–water partition coefficient (Wildman–Crippen LogP) is 4.62. The second-order valence-electron chi connectivity index (χ2n) is 9.06. The highest BCUT2D eigenvalue weighted by molar-refractivity contribution is 6.00. The van der Waals surface area contributed by atoms with Crippen molar-refractivity contribution in [3.05, 3.63) is 76.9 Å². The normalized spacial score (nSPS) is 26.8. The molecule has 4 atom stereocenters. The van der Waals surface area contributed by atoms with Gasteiger partial charge in [-0.05, 0) is 56.4 Å². The minimum Gasteiger partial charge on any atom is -0.507 e. The molecule has 33 heavy (non-hydrogen) atoms. The lowest BCUT2D eigenvalue weighted by molar-refractivity contribution is -0.142. The molecule has 0 unspecified atom stereocenters. The van der Waals surface area contributed by atoms with E-state index in [-0.39, 0.29) is 23.1 Å². The van der Waals surface area contributed by atoms with Crippen LogP contribution in [0.15, 0.2) is 60.2 Å². The average molecular weight is 450 g/mol. The Morgan fingerprint density at radius 1 is 1.18 bits per heavy atom. The molecular weight excluding hydrogens is 418 g/mol. The number of aliphatic hydroxyl groups is 1. The smallest absolute Gasteiger partial charge is 0.257 e. The summed E-state index contributed by atoms with van der Waals surface area (Å²) in [5.41, 5.74) is 2.11. The van der Waals surface area contributed by atoms with E-state index in [1.54, 1.807) is 37.4 Å².